The maximum Gasteiger partial charge on any atom is 0.329 e. The highest BCUT2D eigenvalue weighted by molar-refractivity contribution is 8.00. The largest absolute Gasteiger partial charge is 0.480 e. The number of aliphatic carboxylic acids is 1. The molecule has 0 fully saturated rings. The summed E-state index contributed by atoms with van der Waals surface area (Å²) in [4.78, 5) is 24.3. The van der Waals surface area contributed by atoms with Gasteiger partial charge in [-0.1, -0.05) is 30.3 Å². The molecule has 0 aliphatic rings. The molecule has 0 aromatic heterocycles. The number of amides is 1. The van der Waals surface area contributed by atoms with Crippen LogP contribution in [0.3, 0.4) is 0 Å². The van der Waals surface area contributed by atoms with Gasteiger partial charge in [-0.15, -0.1) is 11.8 Å². The van der Waals surface area contributed by atoms with Gasteiger partial charge in [-0.05, 0) is 5.56 Å². The second-order valence-corrected chi connectivity index (χ2v) is 5.41. The van der Waals surface area contributed by atoms with Gasteiger partial charge in [0.1, 0.15) is 5.54 Å². The highest BCUT2D eigenvalue weighted by atomic mass is 32.2. The van der Waals surface area contributed by atoms with E-state index in [9.17, 15) is 14.7 Å². The highest BCUT2D eigenvalue weighted by Crippen LogP contribution is 2.23. The summed E-state index contributed by atoms with van der Waals surface area (Å²) in [6, 6.07) is 8.66. The number of thioether (sulfide) groups is 1. The van der Waals surface area contributed by atoms with Crippen molar-refractivity contribution in [1.29, 1.82) is 0 Å². The second-order valence-electron chi connectivity index (χ2n) is 4.42. The Morgan fingerprint density at radius 3 is 2.37 bits per heavy atom. The van der Waals surface area contributed by atoms with Crippen molar-refractivity contribution in [1.82, 2.24) is 4.90 Å². The number of hydrogen-bond donors (Lipinski definition) is 2. The maximum atomic E-state index is 11.5. The summed E-state index contributed by atoms with van der Waals surface area (Å²) in [5, 5.41) is 9.33. The van der Waals surface area contributed by atoms with Crippen molar-refractivity contribution in [3.63, 3.8) is 0 Å². The fraction of sp³-hybridized carbons (Fsp3) is 0.385. The minimum atomic E-state index is -1.47. The maximum absolute atomic E-state index is 11.5. The molecule has 0 saturated heterocycles. The molecule has 0 aliphatic carbocycles. The summed E-state index contributed by atoms with van der Waals surface area (Å²) in [5.74, 6) is -0.799. The summed E-state index contributed by atoms with van der Waals surface area (Å²) < 4.78 is 0. The number of rotatable bonds is 6. The molecule has 1 amide bonds. The number of hydrogen-bond acceptors (Lipinski definition) is 4. The Balaban J connectivity index is 2.74. The van der Waals surface area contributed by atoms with Crippen molar-refractivity contribution in [2.75, 3.05) is 25.6 Å². The first-order valence-electron chi connectivity index (χ1n) is 5.73. The molecule has 0 heterocycles. The van der Waals surface area contributed by atoms with Gasteiger partial charge >= 0.3 is 5.97 Å². The number of carboxylic acid groups (broad SMARTS) is 1. The number of carbonyl (C=O) groups excluding carboxylic acids is 1. The van der Waals surface area contributed by atoms with Crippen molar-refractivity contribution in [3.8, 4) is 0 Å². The molecule has 0 spiro atoms. The van der Waals surface area contributed by atoms with Gasteiger partial charge in [0.15, 0.2) is 0 Å². The van der Waals surface area contributed by atoms with Crippen molar-refractivity contribution in [2.45, 2.75) is 5.54 Å². The van der Waals surface area contributed by atoms with Gasteiger partial charge in [-0.2, -0.15) is 0 Å². The third-order valence-electron chi connectivity index (χ3n) is 2.72. The van der Waals surface area contributed by atoms with E-state index in [1.807, 2.05) is 0 Å². The molecule has 19 heavy (non-hydrogen) atoms. The van der Waals surface area contributed by atoms with Crippen LogP contribution in [0.5, 0.6) is 0 Å². The number of carboxylic acids is 1. The Kier molecular flexibility index (Phi) is 5.38. The van der Waals surface area contributed by atoms with E-state index in [1.54, 1.807) is 44.4 Å². The van der Waals surface area contributed by atoms with E-state index in [0.29, 0.717) is 5.56 Å². The second kappa shape index (κ2) is 6.58. The van der Waals surface area contributed by atoms with Crippen molar-refractivity contribution >= 4 is 23.6 Å². The standard InChI is InChI=1S/C13H18N2O3S/c1-15(2)11(16)8-19-9-13(14,12(17)18)10-6-4-3-5-7-10/h3-7H,8-9,14H2,1-2H3,(H,17,18). The first-order chi connectivity index (χ1) is 8.88. The lowest BCUT2D eigenvalue weighted by Gasteiger charge is -2.25. The molecule has 0 saturated carbocycles. The molecule has 1 aromatic carbocycles. The Hall–Kier alpha value is -1.53. The quantitative estimate of drug-likeness (QED) is 0.804. The summed E-state index contributed by atoms with van der Waals surface area (Å²) in [6.07, 6.45) is 0. The van der Waals surface area contributed by atoms with Crippen LogP contribution < -0.4 is 5.73 Å². The van der Waals surface area contributed by atoms with Crippen LogP contribution in [0.1, 0.15) is 5.56 Å². The van der Waals surface area contributed by atoms with E-state index in [-0.39, 0.29) is 17.4 Å². The smallest absolute Gasteiger partial charge is 0.329 e. The topological polar surface area (TPSA) is 83.6 Å². The molecular weight excluding hydrogens is 264 g/mol. The minimum Gasteiger partial charge on any atom is -0.480 e. The van der Waals surface area contributed by atoms with Gasteiger partial charge in [0.05, 0.1) is 5.75 Å². The third kappa shape index (κ3) is 3.97. The Morgan fingerprint density at radius 2 is 1.89 bits per heavy atom. The third-order valence-corrected chi connectivity index (χ3v) is 3.84. The first kappa shape index (κ1) is 15.5. The summed E-state index contributed by atoms with van der Waals surface area (Å²) in [7, 11) is 3.32. The van der Waals surface area contributed by atoms with Gasteiger partial charge in [-0.25, -0.2) is 4.79 Å². The van der Waals surface area contributed by atoms with E-state index < -0.39 is 11.5 Å². The summed E-state index contributed by atoms with van der Waals surface area (Å²) in [5.41, 5.74) is 5.04. The number of benzene rings is 1. The molecule has 104 valence electrons. The van der Waals surface area contributed by atoms with Crippen LogP contribution in [0.2, 0.25) is 0 Å². The zero-order chi connectivity index (χ0) is 14.5. The van der Waals surface area contributed by atoms with E-state index in [4.69, 9.17) is 5.73 Å². The van der Waals surface area contributed by atoms with Gasteiger partial charge in [0.2, 0.25) is 5.91 Å². The van der Waals surface area contributed by atoms with Gasteiger partial charge in [0, 0.05) is 19.8 Å². The molecule has 1 unspecified atom stereocenters. The first-order valence-corrected chi connectivity index (χ1v) is 6.89. The minimum absolute atomic E-state index is 0.0641. The van der Waals surface area contributed by atoms with E-state index in [0.717, 1.165) is 0 Å². The van der Waals surface area contributed by atoms with Crippen LogP contribution in [0, 0.1) is 0 Å². The Morgan fingerprint density at radius 1 is 1.32 bits per heavy atom. The average molecular weight is 282 g/mol. The van der Waals surface area contributed by atoms with Crippen LogP contribution in [-0.2, 0) is 15.1 Å². The molecule has 1 rings (SSSR count). The molecule has 1 aromatic rings. The highest BCUT2D eigenvalue weighted by Gasteiger charge is 2.36. The normalized spacial score (nSPS) is 13.6. The van der Waals surface area contributed by atoms with E-state index in [1.165, 1.54) is 16.7 Å². The Bertz CT molecular complexity index is 450. The van der Waals surface area contributed by atoms with Crippen molar-refractivity contribution in [3.05, 3.63) is 35.9 Å². The molecular formula is C13H18N2O3S. The van der Waals surface area contributed by atoms with Gasteiger partial charge in [-0.3, -0.25) is 4.79 Å². The predicted molar refractivity (Wildman–Crippen MR) is 76.0 cm³/mol. The van der Waals surface area contributed by atoms with Crippen molar-refractivity contribution in [2.24, 2.45) is 5.73 Å². The molecule has 5 nitrogen and oxygen atoms in total. The number of carbonyl (C=O) groups is 2. The fourth-order valence-electron chi connectivity index (χ4n) is 1.43. The van der Waals surface area contributed by atoms with E-state index in [2.05, 4.69) is 0 Å². The van der Waals surface area contributed by atoms with E-state index >= 15 is 0 Å². The number of nitrogens with zero attached hydrogens (tertiary/aromatic N) is 1. The molecule has 3 N–H and O–H groups in total. The van der Waals surface area contributed by atoms with Crippen LogP contribution >= 0.6 is 11.8 Å². The van der Waals surface area contributed by atoms with Gasteiger partial charge < -0.3 is 15.7 Å². The van der Waals surface area contributed by atoms with Crippen molar-refractivity contribution < 1.29 is 14.7 Å². The Labute approximate surface area is 116 Å². The predicted octanol–water partition coefficient (Wildman–Crippen LogP) is 0.747. The molecule has 6 heteroatoms. The van der Waals surface area contributed by atoms with Gasteiger partial charge in [0.25, 0.3) is 0 Å². The average Bonchev–Trinajstić information content (AvgIpc) is 2.39. The lowest BCUT2D eigenvalue weighted by molar-refractivity contribution is -0.142. The summed E-state index contributed by atoms with van der Waals surface area (Å²) in [6.45, 7) is 0. The molecule has 0 aliphatic heterocycles. The zero-order valence-corrected chi connectivity index (χ0v) is 11.8. The van der Waals surface area contributed by atoms with Crippen LogP contribution in [0.15, 0.2) is 30.3 Å². The SMILES string of the molecule is CN(C)C(=O)CSCC(N)(C(=O)O)c1ccccc1. The molecule has 1 atom stereocenters. The molecule has 0 bridgehead atoms. The van der Waals surface area contributed by atoms with Crippen LogP contribution in [0.4, 0.5) is 0 Å². The monoisotopic (exact) mass is 282 g/mol. The lowest BCUT2D eigenvalue weighted by Crippen LogP contribution is -2.47. The van der Waals surface area contributed by atoms with Crippen LogP contribution in [-0.4, -0.2) is 47.5 Å². The number of nitrogens with two attached hydrogens (primary N) is 1. The molecule has 0 radical (unpaired) electrons. The van der Waals surface area contributed by atoms with Crippen LogP contribution in [0.25, 0.3) is 0 Å². The fourth-order valence-corrected chi connectivity index (χ4v) is 2.58. The lowest BCUT2D eigenvalue weighted by atomic mass is 9.93. The zero-order valence-electron chi connectivity index (χ0n) is 11.0. The summed E-state index contributed by atoms with van der Waals surface area (Å²) >= 11 is 1.22.